The van der Waals surface area contributed by atoms with Crippen LogP contribution in [0.2, 0.25) is 0 Å². The van der Waals surface area contributed by atoms with Crippen molar-refractivity contribution >= 4 is 5.95 Å². The van der Waals surface area contributed by atoms with E-state index in [1.165, 1.54) is 5.56 Å². The highest BCUT2D eigenvalue weighted by atomic mass is 16.5. The maximum atomic E-state index is 5.39. The first kappa shape index (κ1) is 18.8. The highest BCUT2D eigenvalue weighted by Crippen LogP contribution is 2.27. The van der Waals surface area contributed by atoms with E-state index >= 15 is 0 Å². The van der Waals surface area contributed by atoms with Gasteiger partial charge in [0, 0.05) is 43.6 Å². The minimum Gasteiger partial charge on any atom is -0.378 e. The van der Waals surface area contributed by atoms with Gasteiger partial charge in [-0.2, -0.15) is 0 Å². The number of hydrogen-bond donors (Lipinski definition) is 1. The standard InChI is InChI=1S/C21H30N4O/c1-3-18(4-2)20(19-8-6-5-7-9-19)22-14-17-15-23-21(24-16-17)25-10-12-26-13-11-25/h5-9,15-16,18,20,22H,3-4,10-14H2,1-2H3. The van der Waals surface area contributed by atoms with E-state index in [0.717, 1.165) is 57.2 Å². The van der Waals surface area contributed by atoms with Crippen molar-refractivity contribution in [2.75, 3.05) is 31.2 Å². The number of nitrogens with one attached hydrogen (secondary N) is 1. The van der Waals surface area contributed by atoms with Gasteiger partial charge in [0.15, 0.2) is 0 Å². The lowest BCUT2D eigenvalue weighted by atomic mass is 9.88. The van der Waals surface area contributed by atoms with Crippen molar-refractivity contribution in [1.29, 1.82) is 0 Å². The second-order valence-corrected chi connectivity index (χ2v) is 6.84. The number of benzene rings is 1. The molecule has 1 fully saturated rings. The molecule has 1 unspecified atom stereocenters. The molecule has 1 N–H and O–H groups in total. The summed E-state index contributed by atoms with van der Waals surface area (Å²) >= 11 is 0. The summed E-state index contributed by atoms with van der Waals surface area (Å²) in [5.74, 6) is 1.42. The lowest BCUT2D eigenvalue weighted by Crippen LogP contribution is -2.37. The minimum absolute atomic E-state index is 0.352. The Morgan fingerprint density at radius 2 is 1.69 bits per heavy atom. The zero-order chi connectivity index (χ0) is 18.2. The number of anilines is 1. The summed E-state index contributed by atoms with van der Waals surface area (Å²) in [5, 5.41) is 3.74. The largest absolute Gasteiger partial charge is 0.378 e. The molecule has 2 heterocycles. The van der Waals surface area contributed by atoms with Crippen LogP contribution < -0.4 is 10.2 Å². The minimum atomic E-state index is 0.352. The summed E-state index contributed by atoms with van der Waals surface area (Å²) in [5.41, 5.74) is 2.47. The predicted molar refractivity (Wildman–Crippen MR) is 105 cm³/mol. The van der Waals surface area contributed by atoms with Crippen LogP contribution in [-0.4, -0.2) is 36.3 Å². The first-order valence-electron chi connectivity index (χ1n) is 9.73. The Kier molecular flexibility index (Phi) is 6.97. The average Bonchev–Trinajstić information content (AvgIpc) is 2.73. The fourth-order valence-corrected chi connectivity index (χ4v) is 3.57. The van der Waals surface area contributed by atoms with Crippen LogP contribution in [0.15, 0.2) is 42.7 Å². The van der Waals surface area contributed by atoms with Crippen molar-refractivity contribution in [1.82, 2.24) is 15.3 Å². The van der Waals surface area contributed by atoms with Gasteiger partial charge in [-0.05, 0) is 11.5 Å². The molecule has 0 radical (unpaired) electrons. The van der Waals surface area contributed by atoms with E-state index in [9.17, 15) is 0 Å². The molecule has 1 atom stereocenters. The maximum Gasteiger partial charge on any atom is 0.225 e. The van der Waals surface area contributed by atoms with Crippen LogP contribution in [0.25, 0.3) is 0 Å². The van der Waals surface area contributed by atoms with Crippen LogP contribution in [0, 0.1) is 5.92 Å². The molecule has 1 aliphatic heterocycles. The molecule has 140 valence electrons. The zero-order valence-electron chi connectivity index (χ0n) is 15.9. The van der Waals surface area contributed by atoms with Gasteiger partial charge in [0.2, 0.25) is 5.95 Å². The van der Waals surface area contributed by atoms with E-state index in [4.69, 9.17) is 4.74 Å². The molecule has 5 nitrogen and oxygen atoms in total. The lowest BCUT2D eigenvalue weighted by Gasteiger charge is -2.28. The van der Waals surface area contributed by atoms with Crippen LogP contribution in [0.4, 0.5) is 5.95 Å². The van der Waals surface area contributed by atoms with Crippen molar-refractivity contribution in [3.63, 3.8) is 0 Å². The summed E-state index contributed by atoms with van der Waals surface area (Å²) in [6.45, 7) is 8.55. The smallest absolute Gasteiger partial charge is 0.225 e. The Hall–Kier alpha value is -1.98. The van der Waals surface area contributed by atoms with E-state index in [1.807, 2.05) is 12.4 Å². The number of hydrogen-bond acceptors (Lipinski definition) is 5. The van der Waals surface area contributed by atoms with Gasteiger partial charge in [0.1, 0.15) is 0 Å². The maximum absolute atomic E-state index is 5.39. The summed E-state index contributed by atoms with van der Waals surface area (Å²) in [4.78, 5) is 11.3. The van der Waals surface area contributed by atoms with E-state index in [2.05, 4.69) is 64.4 Å². The molecule has 2 aromatic rings. The van der Waals surface area contributed by atoms with Gasteiger partial charge < -0.3 is 15.0 Å². The van der Waals surface area contributed by atoms with Crippen LogP contribution in [0.3, 0.4) is 0 Å². The van der Waals surface area contributed by atoms with Crippen molar-refractivity contribution in [2.24, 2.45) is 5.92 Å². The second kappa shape index (κ2) is 9.64. The van der Waals surface area contributed by atoms with Crippen molar-refractivity contribution in [3.8, 4) is 0 Å². The number of morpholine rings is 1. The first-order valence-corrected chi connectivity index (χ1v) is 9.73. The highest BCUT2D eigenvalue weighted by Gasteiger charge is 2.20. The fourth-order valence-electron chi connectivity index (χ4n) is 3.57. The van der Waals surface area contributed by atoms with Gasteiger partial charge in [-0.25, -0.2) is 9.97 Å². The molecule has 5 heteroatoms. The summed E-state index contributed by atoms with van der Waals surface area (Å²) in [6.07, 6.45) is 6.21. The molecule has 0 spiro atoms. The molecule has 0 aliphatic carbocycles. The molecule has 1 aromatic heterocycles. The Morgan fingerprint density at radius 1 is 1.04 bits per heavy atom. The average molecular weight is 354 g/mol. The number of aromatic nitrogens is 2. The van der Waals surface area contributed by atoms with Crippen LogP contribution in [0.1, 0.15) is 43.9 Å². The molecular formula is C21H30N4O. The summed E-state index contributed by atoms with van der Waals surface area (Å²) < 4.78 is 5.39. The fraction of sp³-hybridized carbons (Fsp3) is 0.524. The SMILES string of the molecule is CCC(CC)C(NCc1cnc(N2CCOCC2)nc1)c1ccccc1. The van der Waals surface area contributed by atoms with E-state index in [-0.39, 0.29) is 0 Å². The third-order valence-electron chi connectivity index (χ3n) is 5.19. The Morgan fingerprint density at radius 3 is 2.31 bits per heavy atom. The predicted octanol–water partition coefficient (Wildman–Crippen LogP) is 3.58. The Labute approximate surface area is 156 Å². The normalized spacial score (nSPS) is 16.0. The summed E-state index contributed by atoms with van der Waals surface area (Å²) in [7, 11) is 0. The lowest BCUT2D eigenvalue weighted by molar-refractivity contribution is 0.122. The third kappa shape index (κ3) is 4.80. The monoisotopic (exact) mass is 354 g/mol. The van der Waals surface area contributed by atoms with Gasteiger partial charge in [-0.3, -0.25) is 0 Å². The zero-order valence-corrected chi connectivity index (χ0v) is 15.9. The molecule has 0 amide bonds. The Balaban J connectivity index is 1.64. The molecule has 1 aromatic carbocycles. The van der Waals surface area contributed by atoms with Crippen LogP contribution in [-0.2, 0) is 11.3 Å². The number of rotatable bonds is 8. The molecule has 0 saturated carbocycles. The van der Waals surface area contributed by atoms with Crippen LogP contribution >= 0.6 is 0 Å². The van der Waals surface area contributed by atoms with E-state index in [1.54, 1.807) is 0 Å². The van der Waals surface area contributed by atoms with Crippen LogP contribution in [0.5, 0.6) is 0 Å². The Bertz CT molecular complexity index is 637. The molecule has 1 saturated heterocycles. The molecular weight excluding hydrogens is 324 g/mol. The van der Waals surface area contributed by atoms with Gasteiger partial charge >= 0.3 is 0 Å². The topological polar surface area (TPSA) is 50.3 Å². The van der Waals surface area contributed by atoms with Gasteiger partial charge in [0.25, 0.3) is 0 Å². The molecule has 1 aliphatic rings. The van der Waals surface area contributed by atoms with Crippen molar-refractivity contribution in [3.05, 3.63) is 53.9 Å². The first-order chi connectivity index (χ1) is 12.8. The molecule has 3 rings (SSSR count). The second-order valence-electron chi connectivity index (χ2n) is 6.84. The number of nitrogens with zero attached hydrogens (tertiary/aromatic N) is 3. The van der Waals surface area contributed by atoms with Crippen molar-refractivity contribution in [2.45, 2.75) is 39.3 Å². The third-order valence-corrected chi connectivity index (χ3v) is 5.19. The van der Waals surface area contributed by atoms with E-state index < -0.39 is 0 Å². The molecule has 0 bridgehead atoms. The highest BCUT2D eigenvalue weighted by molar-refractivity contribution is 5.30. The van der Waals surface area contributed by atoms with Crippen molar-refractivity contribution < 1.29 is 4.74 Å². The number of ether oxygens (including phenoxy) is 1. The van der Waals surface area contributed by atoms with Gasteiger partial charge in [-0.1, -0.05) is 57.0 Å². The van der Waals surface area contributed by atoms with Gasteiger partial charge in [-0.15, -0.1) is 0 Å². The molecule has 26 heavy (non-hydrogen) atoms. The summed E-state index contributed by atoms with van der Waals surface area (Å²) in [6, 6.07) is 11.1. The van der Waals surface area contributed by atoms with Gasteiger partial charge in [0.05, 0.1) is 13.2 Å². The quantitative estimate of drug-likeness (QED) is 0.785. The van der Waals surface area contributed by atoms with E-state index in [0.29, 0.717) is 12.0 Å².